The van der Waals surface area contributed by atoms with E-state index in [4.69, 9.17) is 32.7 Å². The average Bonchev–Trinajstić information content (AvgIpc) is 3.41. The van der Waals surface area contributed by atoms with E-state index >= 15 is 0 Å². The topological polar surface area (TPSA) is 79.1 Å². The summed E-state index contributed by atoms with van der Waals surface area (Å²) in [6.07, 6.45) is 1.63. The largest absolute Gasteiger partial charge is 0.463 e. The summed E-state index contributed by atoms with van der Waals surface area (Å²) in [5.41, 5.74) is 1.47. The van der Waals surface area contributed by atoms with Gasteiger partial charge in [-0.05, 0) is 25.1 Å². The zero-order valence-corrected chi connectivity index (χ0v) is 21.7. The van der Waals surface area contributed by atoms with Crippen LogP contribution in [-0.2, 0) is 14.3 Å². The highest BCUT2D eigenvalue weighted by molar-refractivity contribution is 7.99. The standard InChI is InChI=1S/C22H24Cl2N4O3S2/c1-11-10-32-21(25-11)18-8-28(27-26-18)20-12(2)19(9-30-14(4)29)31-22(13(20)3)33-15-5-6-16(23)17(24)7-15/h5-8,10,12-13,19-20,22H,9H2,1-4H3/t12-,13?,19?,20-,22+/m0/s1. The van der Waals surface area contributed by atoms with Gasteiger partial charge in [0.2, 0.25) is 0 Å². The number of hydrogen-bond acceptors (Lipinski definition) is 8. The quantitative estimate of drug-likeness (QED) is 0.369. The molecule has 0 N–H and O–H groups in total. The zero-order valence-electron chi connectivity index (χ0n) is 18.6. The molecule has 0 spiro atoms. The Morgan fingerprint density at radius 1 is 1.27 bits per heavy atom. The van der Waals surface area contributed by atoms with Gasteiger partial charge in [0, 0.05) is 34.7 Å². The van der Waals surface area contributed by atoms with Crippen molar-refractivity contribution in [2.45, 2.75) is 50.2 Å². The number of carbonyl (C=O) groups is 1. The lowest BCUT2D eigenvalue weighted by atomic mass is 9.84. The van der Waals surface area contributed by atoms with Crippen molar-refractivity contribution in [1.82, 2.24) is 20.0 Å². The summed E-state index contributed by atoms with van der Waals surface area (Å²) in [4.78, 5) is 16.9. The number of benzene rings is 1. The molecule has 33 heavy (non-hydrogen) atoms. The third kappa shape index (κ3) is 5.54. The van der Waals surface area contributed by atoms with Gasteiger partial charge in [0.15, 0.2) is 0 Å². The van der Waals surface area contributed by atoms with Crippen molar-refractivity contribution in [3.63, 3.8) is 0 Å². The van der Waals surface area contributed by atoms with Crippen LogP contribution in [0.4, 0.5) is 0 Å². The van der Waals surface area contributed by atoms with E-state index in [-0.39, 0.29) is 42.0 Å². The maximum atomic E-state index is 11.5. The number of carbonyl (C=O) groups excluding carboxylic acids is 1. The van der Waals surface area contributed by atoms with E-state index in [0.29, 0.717) is 10.0 Å². The van der Waals surface area contributed by atoms with Gasteiger partial charge in [-0.15, -0.1) is 16.4 Å². The van der Waals surface area contributed by atoms with Crippen LogP contribution in [-0.4, -0.2) is 44.1 Å². The van der Waals surface area contributed by atoms with E-state index in [1.165, 1.54) is 6.92 Å². The van der Waals surface area contributed by atoms with E-state index in [9.17, 15) is 4.79 Å². The highest BCUT2D eigenvalue weighted by atomic mass is 35.5. The van der Waals surface area contributed by atoms with E-state index in [1.54, 1.807) is 29.2 Å². The Hall–Kier alpha value is -1.65. The maximum absolute atomic E-state index is 11.5. The van der Waals surface area contributed by atoms with E-state index in [1.807, 2.05) is 35.3 Å². The summed E-state index contributed by atoms with van der Waals surface area (Å²) in [5, 5.41) is 12.6. The van der Waals surface area contributed by atoms with Gasteiger partial charge in [-0.2, -0.15) is 0 Å². The Morgan fingerprint density at radius 3 is 2.73 bits per heavy atom. The number of aryl methyl sites for hydroxylation is 1. The molecule has 2 unspecified atom stereocenters. The molecule has 3 heterocycles. The van der Waals surface area contributed by atoms with Crippen LogP contribution in [0.2, 0.25) is 10.0 Å². The fourth-order valence-electron chi connectivity index (χ4n) is 3.96. The molecule has 1 aromatic carbocycles. The Bertz CT molecular complexity index is 1140. The number of thioether (sulfide) groups is 1. The van der Waals surface area contributed by atoms with Gasteiger partial charge < -0.3 is 9.47 Å². The minimum atomic E-state index is -0.336. The van der Waals surface area contributed by atoms with Gasteiger partial charge >= 0.3 is 5.97 Å². The molecular weight excluding hydrogens is 503 g/mol. The van der Waals surface area contributed by atoms with Crippen molar-refractivity contribution >= 4 is 52.3 Å². The van der Waals surface area contributed by atoms with Crippen LogP contribution >= 0.6 is 46.3 Å². The minimum absolute atomic E-state index is 0.0255. The maximum Gasteiger partial charge on any atom is 0.302 e. The second kappa shape index (κ2) is 10.3. The highest BCUT2D eigenvalue weighted by Crippen LogP contribution is 2.45. The molecule has 1 aliphatic rings. The second-order valence-electron chi connectivity index (χ2n) is 8.13. The van der Waals surface area contributed by atoms with Crippen molar-refractivity contribution < 1.29 is 14.3 Å². The summed E-state index contributed by atoms with van der Waals surface area (Å²) < 4.78 is 13.6. The van der Waals surface area contributed by atoms with Crippen molar-refractivity contribution in [3.05, 3.63) is 45.5 Å². The molecule has 0 aliphatic carbocycles. The van der Waals surface area contributed by atoms with Gasteiger partial charge in [0.25, 0.3) is 0 Å². The SMILES string of the molecule is CC(=O)OCC1O[C@H](Sc2ccc(Cl)c(Cl)c2)C(C)[C@@H](n2cc(-c3nc(C)cs3)nn2)[C@H]1C. The fourth-order valence-corrected chi connectivity index (χ4v) is 6.25. The third-order valence-electron chi connectivity index (χ3n) is 5.65. The molecule has 11 heteroatoms. The molecular formula is C22H24Cl2N4O3S2. The number of thiazole rings is 1. The summed E-state index contributed by atoms with van der Waals surface area (Å²) in [5.74, 6) is -0.241. The molecule has 176 valence electrons. The first-order valence-corrected chi connectivity index (χ1v) is 13.0. The van der Waals surface area contributed by atoms with Gasteiger partial charge in [0.05, 0.1) is 28.4 Å². The smallest absolute Gasteiger partial charge is 0.302 e. The summed E-state index contributed by atoms with van der Waals surface area (Å²) in [6.45, 7) is 7.75. The first-order chi connectivity index (χ1) is 15.7. The Balaban J connectivity index is 1.62. The molecule has 5 atom stereocenters. The van der Waals surface area contributed by atoms with E-state index in [0.717, 1.165) is 21.3 Å². The fraction of sp³-hybridized carbons (Fsp3) is 0.455. The molecule has 0 saturated carbocycles. The molecule has 4 rings (SSSR count). The number of rotatable bonds is 6. The lowest BCUT2D eigenvalue weighted by Gasteiger charge is -2.44. The molecule has 1 fully saturated rings. The molecule has 2 aromatic heterocycles. The molecule has 3 aromatic rings. The minimum Gasteiger partial charge on any atom is -0.463 e. The number of halogens is 2. The third-order valence-corrected chi connectivity index (χ3v) is 8.67. The van der Waals surface area contributed by atoms with Crippen molar-refractivity contribution in [1.29, 1.82) is 0 Å². The summed E-state index contributed by atoms with van der Waals surface area (Å²) >= 11 is 15.4. The normalized spacial score (nSPS) is 25.2. The molecule has 0 radical (unpaired) electrons. The Labute approximate surface area is 210 Å². The van der Waals surface area contributed by atoms with Crippen LogP contribution in [0.5, 0.6) is 0 Å². The van der Waals surface area contributed by atoms with Gasteiger partial charge in [-0.1, -0.05) is 54.0 Å². The first kappa shape index (κ1) is 24.5. The zero-order chi connectivity index (χ0) is 23.7. The van der Waals surface area contributed by atoms with E-state index < -0.39 is 0 Å². The van der Waals surface area contributed by atoms with Crippen LogP contribution in [0.25, 0.3) is 10.7 Å². The summed E-state index contributed by atoms with van der Waals surface area (Å²) in [6, 6.07) is 5.50. The molecule has 1 aliphatic heterocycles. The van der Waals surface area contributed by atoms with Crippen LogP contribution in [0.1, 0.15) is 32.5 Å². The number of nitrogens with zero attached hydrogens (tertiary/aromatic N) is 4. The van der Waals surface area contributed by atoms with Gasteiger partial charge in [-0.3, -0.25) is 4.79 Å². The van der Waals surface area contributed by atoms with Crippen LogP contribution in [0.15, 0.2) is 34.7 Å². The van der Waals surface area contributed by atoms with Gasteiger partial charge in [0.1, 0.15) is 22.7 Å². The van der Waals surface area contributed by atoms with Gasteiger partial charge in [-0.25, -0.2) is 9.67 Å². The van der Waals surface area contributed by atoms with Crippen molar-refractivity contribution in [2.24, 2.45) is 11.8 Å². The Morgan fingerprint density at radius 2 is 2.06 bits per heavy atom. The molecule has 0 amide bonds. The van der Waals surface area contributed by atoms with E-state index in [2.05, 4.69) is 29.1 Å². The highest BCUT2D eigenvalue weighted by Gasteiger charge is 2.44. The summed E-state index contributed by atoms with van der Waals surface area (Å²) in [7, 11) is 0. The van der Waals surface area contributed by atoms with Crippen LogP contribution < -0.4 is 0 Å². The van der Waals surface area contributed by atoms with Crippen molar-refractivity contribution in [2.75, 3.05) is 6.61 Å². The number of esters is 1. The molecule has 1 saturated heterocycles. The molecule has 0 bridgehead atoms. The lowest BCUT2D eigenvalue weighted by molar-refractivity contribution is -0.156. The monoisotopic (exact) mass is 526 g/mol. The Kier molecular flexibility index (Phi) is 7.65. The second-order valence-corrected chi connectivity index (χ2v) is 11.0. The van der Waals surface area contributed by atoms with Crippen LogP contribution in [0, 0.1) is 18.8 Å². The number of hydrogen-bond donors (Lipinski definition) is 0. The predicted molar refractivity (Wildman–Crippen MR) is 131 cm³/mol. The number of aromatic nitrogens is 4. The predicted octanol–water partition coefficient (Wildman–Crippen LogP) is 5.91. The first-order valence-electron chi connectivity index (χ1n) is 10.5. The molecule has 7 nitrogen and oxygen atoms in total. The van der Waals surface area contributed by atoms with Crippen molar-refractivity contribution in [3.8, 4) is 10.7 Å². The van der Waals surface area contributed by atoms with Crippen LogP contribution in [0.3, 0.4) is 0 Å². The lowest BCUT2D eigenvalue weighted by Crippen LogP contribution is -2.47. The number of ether oxygens (including phenoxy) is 2. The average molecular weight is 527 g/mol.